The minimum absolute atomic E-state index is 0.143. The largest absolute Gasteiger partial charge is 0.257 e. The molecule has 0 spiro atoms. The summed E-state index contributed by atoms with van der Waals surface area (Å²) in [5.41, 5.74) is 2.24. The van der Waals surface area contributed by atoms with Crippen molar-refractivity contribution in [2.75, 3.05) is 0 Å². The van der Waals surface area contributed by atoms with Gasteiger partial charge in [-0.25, -0.2) is 0 Å². The molecule has 0 saturated heterocycles. The van der Waals surface area contributed by atoms with E-state index in [0.717, 1.165) is 11.4 Å². The smallest absolute Gasteiger partial charge is 0.0586 e. The topological polar surface area (TPSA) is 12.9 Å². The lowest BCUT2D eigenvalue weighted by Gasteiger charge is -2.15. The number of aryl methyl sites for hydroxylation is 1. The van der Waals surface area contributed by atoms with Gasteiger partial charge in [0.25, 0.3) is 0 Å². The van der Waals surface area contributed by atoms with Crippen LogP contribution in [0.3, 0.4) is 0 Å². The number of pyridine rings is 1. The van der Waals surface area contributed by atoms with Crippen LogP contribution in [0.2, 0.25) is 0 Å². The molecule has 1 heterocycles. The van der Waals surface area contributed by atoms with Crippen LogP contribution in [0, 0.1) is 6.92 Å². The van der Waals surface area contributed by atoms with Crippen molar-refractivity contribution in [1.29, 1.82) is 0 Å². The molecule has 11 heavy (non-hydrogen) atoms. The normalized spacial score (nSPS) is 11.6. The van der Waals surface area contributed by atoms with Crippen LogP contribution < -0.4 is 0 Å². The third-order valence-electron chi connectivity index (χ3n) is 1.50. The molecule has 0 fully saturated rings. The summed E-state index contributed by atoms with van der Waals surface area (Å²) in [5, 5.41) is 0. The molecule has 0 aliphatic rings. The van der Waals surface area contributed by atoms with Crippen molar-refractivity contribution < 1.29 is 0 Å². The van der Waals surface area contributed by atoms with Crippen molar-refractivity contribution in [2.45, 2.75) is 24.2 Å². The first-order chi connectivity index (χ1) is 5.00. The molecule has 1 rings (SSSR count). The highest BCUT2D eigenvalue weighted by atomic mass is 127. The van der Waals surface area contributed by atoms with E-state index in [4.69, 9.17) is 0 Å². The zero-order valence-electron chi connectivity index (χ0n) is 7.06. The Bertz CT molecular complexity index is 250. The van der Waals surface area contributed by atoms with Crippen LogP contribution in [0.15, 0.2) is 18.2 Å². The molecule has 2 heteroatoms. The number of alkyl halides is 1. The van der Waals surface area contributed by atoms with Crippen LogP contribution in [0.4, 0.5) is 0 Å². The molecule has 0 atom stereocenters. The van der Waals surface area contributed by atoms with Crippen LogP contribution in [-0.4, -0.2) is 4.98 Å². The quantitative estimate of drug-likeness (QED) is 0.559. The van der Waals surface area contributed by atoms with Crippen molar-refractivity contribution in [3.8, 4) is 0 Å². The molecular formula is C9H12IN. The van der Waals surface area contributed by atoms with Crippen molar-refractivity contribution in [3.63, 3.8) is 0 Å². The third kappa shape index (κ3) is 2.43. The van der Waals surface area contributed by atoms with E-state index >= 15 is 0 Å². The first kappa shape index (κ1) is 8.97. The van der Waals surface area contributed by atoms with E-state index in [0.29, 0.717) is 0 Å². The highest BCUT2D eigenvalue weighted by Crippen LogP contribution is 2.28. The van der Waals surface area contributed by atoms with E-state index in [1.807, 2.05) is 13.0 Å². The summed E-state index contributed by atoms with van der Waals surface area (Å²) in [5.74, 6) is 0. The van der Waals surface area contributed by atoms with Gasteiger partial charge in [0, 0.05) is 5.69 Å². The highest BCUT2D eigenvalue weighted by Gasteiger charge is 2.16. The van der Waals surface area contributed by atoms with Gasteiger partial charge in [-0.15, -0.1) is 0 Å². The SMILES string of the molecule is Cc1cccc(C(C)(C)I)n1. The molecule has 0 unspecified atom stereocenters. The first-order valence-electron chi connectivity index (χ1n) is 3.63. The van der Waals surface area contributed by atoms with Crippen LogP contribution >= 0.6 is 22.6 Å². The summed E-state index contributed by atoms with van der Waals surface area (Å²) >= 11 is 2.40. The van der Waals surface area contributed by atoms with Gasteiger partial charge >= 0.3 is 0 Å². The molecule has 0 radical (unpaired) electrons. The van der Waals surface area contributed by atoms with Crippen molar-refractivity contribution >= 4 is 22.6 Å². The molecule has 0 N–H and O–H groups in total. The molecule has 0 aromatic carbocycles. The van der Waals surface area contributed by atoms with Gasteiger partial charge in [-0.1, -0.05) is 28.7 Å². The summed E-state index contributed by atoms with van der Waals surface area (Å²) in [4.78, 5) is 4.44. The fourth-order valence-electron chi connectivity index (χ4n) is 0.874. The summed E-state index contributed by atoms with van der Waals surface area (Å²) in [6.07, 6.45) is 0. The molecule has 0 amide bonds. The predicted octanol–water partition coefficient (Wildman–Crippen LogP) is 3.06. The maximum absolute atomic E-state index is 4.44. The monoisotopic (exact) mass is 261 g/mol. The zero-order chi connectivity index (χ0) is 8.48. The maximum atomic E-state index is 4.44. The lowest BCUT2D eigenvalue weighted by atomic mass is 10.1. The van der Waals surface area contributed by atoms with E-state index in [2.05, 4.69) is 53.6 Å². The Hall–Kier alpha value is -0.120. The molecule has 1 aromatic rings. The van der Waals surface area contributed by atoms with E-state index < -0.39 is 0 Å². The Morgan fingerprint density at radius 1 is 1.36 bits per heavy atom. The molecule has 1 nitrogen and oxygen atoms in total. The minimum atomic E-state index is 0.143. The van der Waals surface area contributed by atoms with Gasteiger partial charge < -0.3 is 0 Å². The fourth-order valence-corrected chi connectivity index (χ4v) is 1.17. The van der Waals surface area contributed by atoms with Crippen molar-refractivity contribution in [1.82, 2.24) is 4.98 Å². The van der Waals surface area contributed by atoms with Gasteiger partial charge in [-0.2, -0.15) is 0 Å². The molecule has 0 bridgehead atoms. The lowest BCUT2D eigenvalue weighted by molar-refractivity contribution is 0.781. The van der Waals surface area contributed by atoms with E-state index in [9.17, 15) is 0 Å². The van der Waals surface area contributed by atoms with Gasteiger partial charge in [0.2, 0.25) is 0 Å². The van der Waals surface area contributed by atoms with Crippen LogP contribution in [-0.2, 0) is 3.42 Å². The van der Waals surface area contributed by atoms with Crippen molar-refractivity contribution in [2.24, 2.45) is 0 Å². The van der Waals surface area contributed by atoms with Gasteiger partial charge in [-0.05, 0) is 32.9 Å². The Morgan fingerprint density at radius 2 is 2.00 bits per heavy atom. The van der Waals surface area contributed by atoms with E-state index in [1.54, 1.807) is 0 Å². The standard InChI is InChI=1S/C9H12IN/c1-7-5-4-6-8(11-7)9(2,3)10/h4-6H,1-3H3. The molecule has 1 aromatic heterocycles. The Kier molecular flexibility index (Phi) is 2.52. The number of aromatic nitrogens is 1. The van der Waals surface area contributed by atoms with Crippen LogP contribution in [0.25, 0.3) is 0 Å². The third-order valence-corrected chi connectivity index (χ3v) is 2.05. The van der Waals surface area contributed by atoms with Gasteiger partial charge in [0.05, 0.1) is 9.12 Å². The molecule has 0 aliphatic carbocycles. The van der Waals surface area contributed by atoms with Gasteiger partial charge in [-0.3, -0.25) is 4.98 Å². The van der Waals surface area contributed by atoms with Crippen LogP contribution in [0.5, 0.6) is 0 Å². The van der Waals surface area contributed by atoms with Gasteiger partial charge in [0.1, 0.15) is 0 Å². The maximum Gasteiger partial charge on any atom is 0.0586 e. The summed E-state index contributed by atoms with van der Waals surface area (Å²) in [6, 6.07) is 6.14. The fraction of sp³-hybridized carbons (Fsp3) is 0.444. The first-order valence-corrected chi connectivity index (χ1v) is 4.71. The zero-order valence-corrected chi connectivity index (χ0v) is 9.21. The second kappa shape index (κ2) is 3.09. The van der Waals surface area contributed by atoms with E-state index in [-0.39, 0.29) is 3.42 Å². The molecule has 0 aliphatic heterocycles. The average molecular weight is 261 g/mol. The number of rotatable bonds is 1. The Balaban J connectivity index is 3.06. The Labute approximate surface area is 81.4 Å². The van der Waals surface area contributed by atoms with Crippen LogP contribution in [0.1, 0.15) is 25.2 Å². The van der Waals surface area contributed by atoms with Crippen molar-refractivity contribution in [3.05, 3.63) is 29.6 Å². The lowest BCUT2D eigenvalue weighted by Crippen LogP contribution is -2.09. The molecular weight excluding hydrogens is 249 g/mol. The average Bonchev–Trinajstić information content (AvgIpc) is 1.86. The van der Waals surface area contributed by atoms with Gasteiger partial charge in [0.15, 0.2) is 0 Å². The minimum Gasteiger partial charge on any atom is -0.257 e. The highest BCUT2D eigenvalue weighted by molar-refractivity contribution is 14.1. The number of hydrogen-bond acceptors (Lipinski definition) is 1. The number of halogens is 1. The summed E-state index contributed by atoms with van der Waals surface area (Å²) in [6.45, 7) is 6.34. The summed E-state index contributed by atoms with van der Waals surface area (Å²) < 4.78 is 0.143. The predicted molar refractivity (Wildman–Crippen MR) is 56.0 cm³/mol. The number of hydrogen-bond donors (Lipinski definition) is 0. The molecule has 0 saturated carbocycles. The second-order valence-corrected chi connectivity index (χ2v) is 5.83. The molecule has 60 valence electrons. The number of nitrogens with zero attached hydrogens (tertiary/aromatic N) is 1. The Morgan fingerprint density at radius 3 is 2.36 bits per heavy atom. The second-order valence-electron chi connectivity index (χ2n) is 3.14. The summed E-state index contributed by atoms with van der Waals surface area (Å²) in [7, 11) is 0. The van der Waals surface area contributed by atoms with E-state index in [1.165, 1.54) is 0 Å².